The Morgan fingerprint density at radius 3 is 2.17 bits per heavy atom. The van der Waals surface area contributed by atoms with E-state index >= 15 is 0 Å². The van der Waals surface area contributed by atoms with Gasteiger partial charge >= 0.3 is 0 Å². The number of rotatable bonds is 1. The lowest BCUT2D eigenvalue weighted by molar-refractivity contribution is 1.29. The highest BCUT2D eigenvalue weighted by Crippen LogP contribution is 2.43. The van der Waals surface area contributed by atoms with Gasteiger partial charge in [0.25, 0.3) is 0 Å². The topological polar surface area (TPSA) is 12.9 Å². The zero-order valence-corrected chi connectivity index (χ0v) is 13.2. The molecule has 0 aliphatic heterocycles. The van der Waals surface area contributed by atoms with Gasteiger partial charge in [0.15, 0.2) is 0 Å². The molecule has 112 valence electrons. The molecule has 0 saturated heterocycles. The first-order valence-electron chi connectivity index (χ1n) is 7.86. The minimum atomic E-state index is 0.765. The van der Waals surface area contributed by atoms with Gasteiger partial charge in [0.2, 0.25) is 0 Å². The lowest BCUT2D eigenvalue weighted by Gasteiger charge is -2.05. The molecule has 0 spiro atoms. The van der Waals surface area contributed by atoms with Gasteiger partial charge < -0.3 is 0 Å². The van der Waals surface area contributed by atoms with E-state index in [2.05, 4.69) is 65.9 Å². The number of hydrogen-bond donors (Lipinski definition) is 0. The normalized spacial score (nSPS) is 12.6. The van der Waals surface area contributed by atoms with E-state index in [0.717, 1.165) is 33.5 Å². The summed E-state index contributed by atoms with van der Waals surface area (Å²) in [6, 6.07) is 24.5. The van der Waals surface area contributed by atoms with Crippen LogP contribution in [0.4, 0.5) is 0 Å². The monoisotopic (exact) mass is 305 g/mol. The summed E-state index contributed by atoms with van der Waals surface area (Å²) >= 11 is 0. The SMILES string of the molecule is C=C1C(C#Cc2ccccn2)=C(c2ccccc2)c2ccccc21. The molecule has 0 saturated carbocycles. The summed E-state index contributed by atoms with van der Waals surface area (Å²) in [6.07, 6.45) is 1.76. The highest BCUT2D eigenvalue weighted by atomic mass is 14.6. The number of nitrogens with zero attached hydrogens (tertiary/aromatic N) is 1. The van der Waals surface area contributed by atoms with Crippen molar-refractivity contribution in [1.82, 2.24) is 4.98 Å². The first kappa shape index (κ1) is 14.2. The van der Waals surface area contributed by atoms with Crippen LogP contribution in [0.15, 0.2) is 91.1 Å². The predicted molar refractivity (Wildman–Crippen MR) is 99.1 cm³/mol. The summed E-state index contributed by atoms with van der Waals surface area (Å²) in [7, 11) is 0. The fourth-order valence-electron chi connectivity index (χ4n) is 2.99. The van der Waals surface area contributed by atoms with E-state index in [4.69, 9.17) is 0 Å². The van der Waals surface area contributed by atoms with Crippen LogP contribution in [0.1, 0.15) is 22.4 Å². The second-order valence-corrected chi connectivity index (χ2v) is 5.61. The summed E-state index contributed by atoms with van der Waals surface area (Å²) < 4.78 is 0. The van der Waals surface area contributed by atoms with E-state index in [0.29, 0.717) is 0 Å². The van der Waals surface area contributed by atoms with Gasteiger partial charge in [-0.2, -0.15) is 0 Å². The quantitative estimate of drug-likeness (QED) is 0.579. The van der Waals surface area contributed by atoms with Crippen molar-refractivity contribution in [1.29, 1.82) is 0 Å². The van der Waals surface area contributed by atoms with Gasteiger partial charge in [0.1, 0.15) is 5.69 Å². The van der Waals surface area contributed by atoms with Crippen LogP contribution in [0.2, 0.25) is 0 Å². The molecule has 3 aromatic rings. The molecule has 1 nitrogen and oxygen atoms in total. The fraction of sp³-hybridized carbons (Fsp3) is 0. The molecule has 0 radical (unpaired) electrons. The Balaban J connectivity index is 1.91. The van der Waals surface area contributed by atoms with Crippen LogP contribution in [0, 0.1) is 11.8 Å². The molecular weight excluding hydrogens is 290 g/mol. The maximum atomic E-state index is 4.29. The first-order chi connectivity index (χ1) is 11.8. The van der Waals surface area contributed by atoms with Crippen molar-refractivity contribution in [3.05, 3.63) is 114 Å². The number of allylic oxidation sites excluding steroid dienone is 2. The molecule has 1 heteroatoms. The number of fused-ring (bicyclic) bond motifs is 1. The molecule has 4 rings (SSSR count). The van der Waals surface area contributed by atoms with E-state index in [-0.39, 0.29) is 0 Å². The predicted octanol–water partition coefficient (Wildman–Crippen LogP) is 4.96. The largest absolute Gasteiger partial charge is 0.248 e. The van der Waals surface area contributed by atoms with Crippen molar-refractivity contribution >= 4 is 11.1 Å². The minimum Gasteiger partial charge on any atom is -0.248 e. The van der Waals surface area contributed by atoms with Crippen molar-refractivity contribution < 1.29 is 0 Å². The molecule has 0 atom stereocenters. The summed E-state index contributed by atoms with van der Waals surface area (Å²) in [4.78, 5) is 4.29. The third kappa shape index (κ3) is 2.45. The Hall–Kier alpha value is -3.37. The number of pyridine rings is 1. The van der Waals surface area contributed by atoms with Gasteiger partial charge in [-0.25, -0.2) is 4.98 Å². The van der Waals surface area contributed by atoms with Crippen LogP contribution in [0.5, 0.6) is 0 Å². The maximum Gasteiger partial charge on any atom is 0.113 e. The van der Waals surface area contributed by atoms with Crippen molar-refractivity contribution in [2.24, 2.45) is 0 Å². The Labute approximate surface area is 142 Å². The molecule has 0 fully saturated rings. The molecule has 0 N–H and O–H groups in total. The van der Waals surface area contributed by atoms with E-state index < -0.39 is 0 Å². The van der Waals surface area contributed by atoms with E-state index in [1.807, 2.05) is 30.3 Å². The van der Waals surface area contributed by atoms with Gasteiger partial charge in [-0.3, -0.25) is 0 Å². The second-order valence-electron chi connectivity index (χ2n) is 5.61. The van der Waals surface area contributed by atoms with Crippen LogP contribution in [-0.2, 0) is 0 Å². The van der Waals surface area contributed by atoms with Crippen LogP contribution in [-0.4, -0.2) is 4.98 Å². The minimum absolute atomic E-state index is 0.765. The Bertz CT molecular complexity index is 1000. The molecular formula is C23H15N. The van der Waals surface area contributed by atoms with Crippen molar-refractivity contribution in [3.63, 3.8) is 0 Å². The molecule has 1 aliphatic carbocycles. The van der Waals surface area contributed by atoms with Crippen LogP contribution in [0.25, 0.3) is 11.1 Å². The molecule has 1 aliphatic rings. The smallest absolute Gasteiger partial charge is 0.113 e. The second kappa shape index (κ2) is 6.02. The maximum absolute atomic E-state index is 4.29. The highest BCUT2D eigenvalue weighted by molar-refractivity contribution is 6.07. The van der Waals surface area contributed by atoms with Crippen molar-refractivity contribution in [2.75, 3.05) is 0 Å². The van der Waals surface area contributed by atoms with Gasteiger partial charge in [-0.1, -0.05) is 73.2 Å². The molecule has 2 aromatic carbocycles. The Kier molecular flexibility index (Phi) is 3.57. The molecule has 1 heterocycles. The lowest BCUT2D eigenvalue weighted by Crippen LogP contribution is -1.87. The highest BCUT2D eigenvalue weighted by Gasteiger charge is 2.24. The van der Waals surface area contributed by atoms with Gasteiger partial charge in [0.05, 0.1) is 0 Å². The summed E-state index contributed by atoms with van der Waals surface area (Å²) in [6.45, 7) is 4.28. The molecule has 24 heavy (non-hydrogen) atoms. The summed E-state index contributed by atoms with van der Waals surface area (Å²) in [5, 5.41) is 0. The lowest BCUT2D eigenvalue weighted by atomic mass is 9.97. The van der Waals surface area contributed by atoms with Gasteiger partial charge in [-0.05, 0) is 40.3 Å². The number of aromatic nitrogens is 1. The number of hydrogen-bond acceptors (Lipinski definition) is 1. The molecule has 0 unspecified atom stereocenters. The Morgan fingerprint density at radius 1 is 0.708 bits per heavy atom. The third-order valence-corrected chi connectivity index (χ3v) is 4.12. The van der Waals surface area contributed by atoms with Crippen LogP contribution in [0.3, 0.4) is 0 Å². The van der Waals surface area contributed by atoms with E-state index in [9.17, 15) is 0 Å². The van der Waals surface area contributed by atoms with E-state index in [1.54, 1.807) is 6.20 Å². The Morgan fingerprint density at radius 2 is 1.42 bits per heavy atom. The van der Waals surface area contributed by atoms with Crippen LogP contribution < -0.4 is 0 Å². The average Bonchev–Trinajstić information content (AvgIpc) is 2.94. The molecule has 1 aromatic heterocycles. The number of benzene rings is 2. The molecule has 0 amide bonds. The fourth-order valence-corrected chi connectivity index (χ4v) is 2.99. The summed E-state index contributed by atoms with van der Waals surface area (Å²) in [5.41, 5.74) is 7.39. The van der Waals surface area contributed by atoms with Crippen molar-refractivity contribution in [2.45, 2.75) is 0 Å². The summed E-state index contributed by atoms with van der Waals surface area (Å²) in [5.74, 6) is 6.48. The van der Waals surface area contributed by atoms with Gasteiger partial charge in [0, 0.05) is 17.3 Å². The zero-order valence-electron chi connectivity index (χ0n) is 13.2. The first-order valence-corrected chi connectivity index (χ1v) is 7.86. The third-order valence-electron chi connectivity index (χ3n) is 4.12. The molecule has 0 bridgehead atoms. The van der Waals surface area contributed by atoms with E-state index in [1.165, 1.54) is 5.56 Å². The standard InChI is InChI=1S/C23H15N/c1-17-20-12-5-6-13-22(20)23(18-9-3-2-4-10-18)21(17)15-14-19-11-7-8-16-24-19/h2-13,16H,1H2. The average molecular weight is 305 g/mol. The van der Waals surface area contributed by atoms with Crippen molar-refractivity contribution in [3.8, 4) is 11.8 Å². The van der Waals surface area contributed by atoms with Crippen LogP contribution >= 0.6 is 0 Å². The zero-order chi connectivity index (χ0) is 16.4. The van der Waals surface area contributed by atoms with Gasteiger partial charge in [-0.15, -0.1) is 0 Å².